The van der Waals surface area contributed by atoms with E-state index in [1.807, 2.05) is 30.6 Å². The zero-order valence-corrected chi connectivity index (χ0v) is 23.5. The Balaban J connectivity index is 1.39. The molecule has 0 radical (unpaired) electrons. The van der Waals surface area contributed by atoms with Crippen molar-refractivity contribution in [3.05, 3.63) is 90.1 Å². The van der Waals surface area contributed by atoms with Gasteiger partial charge >= 0.3 is 0 Å². The van der Waals surface area contributed by atoms with Crippen molar-refractivity contribution in [3.8, 4) is 33.8 Å². The monoisotopic (exact) mass is 568 g/mol. The van der Waals surface area contributed by atoms with Crippen LogP contribution in [0.2, 0.25) is 0 Å². The molecule has 2 aromatic carbocycles. The summed E-state index contributed by atoms with van der Waals surface area (Å²) < 4.78 is 37.9. The molecular formula is C31H29FN6O2S. The van der Waals surface area contributed by atoms with Gasteiger partial charge in [0.2, 0.25) is 0 Å². The Morgan fingerprint density at radius 3 is 2.54 bits per heavy atom. The number of aromatic amines is 2. The van der Waals surface area contributed by atoms with Crippen LogP contribution < -0.4 is 5.32 Å². The SMILES string of the molecule is CCNCc1cncc(-c2ccc3[nH]nc(-c4cc5c(-c6cc(F)cc(CCS(C)(=O)=O)c6)nccc5[nH]4)c3c2)c1. The first kappa shape index (κ1) is 26.8. The molecule has 0 saturated carbocycles. The van der Waals surface area contributed by atoms with Crippen LogP contribution in [0.4, 0.5) is 4.39 Å². The summed E-state index contributed by atoms with van der Waals surface area (Å²) in [6, 6.07) is 16.7. The number of rotatable bonds is 9. The molecule has 0 amide bonds. The van der Waals surface area contributed by atoms with Gasteiger partial charge in [0.25, 0.3) is 0 Å². The van der Waals surface area contributed by atoms with Gasteiger partial charge in [-0.15, -0.1) is 0 Å². The van der Waals surface area contributed by atoms with Crippen molar-refractivity contribution in [2.24, 2.45) is 0 Å². The number of H-pyrrole nitrogens is 2. The van der Waals surface area contributed by atoms with Crippen molar-refractivity contribution < 1.29 is 12.8 Å². The van der Waals surface area contributed by atoms with Gasteiger partial charge in [-0.3, -0.25) is 15.1 Å². The number of aromatic nitrogens is 5. The van der Waals surface area contributed by atoms with Crippen LogP contribution in [0.15, 0.2) is 73.2 Å². The van der Waals surface area contributed by atoms with Crippen LogP contribution in [0.1, 0.15) is 18.1 Å². The largest absolute Gasteiger partial charge is 0.353 e. The van der Waals surface area contributed by atoms with Crippen molar-refractivity contribution in [1.82, 2.24) is 30.5 Å². The highest BCUT2D eigenvalue weighted by Gasteiger charge is 2.16. The summed E-state index contributed by atoms with van der Waals surface area (Å²) in [6.45, 7) is 3.72. The topological polar surface area (TPSA) is 116 Å². The molecule has 6 rings (SSSR count). The lowest BCUT2D eigenvalue weighted by Crippen LogP contribution is -2.11. The highest BCUT2D eigenvalue weighted by Crippen LogP contribution is 2.35. The first-order chi connectivity index (χ1) is 19.8. The molecule has 10 heteroatoms. The minimum Gasteiger partial charge on any atom is -0.353 e. The molecule has 0 spiro atoms. The van der Waals surface area contributed by atoms with Crippen LogP contribution in [0.25, 0.3) is 55.6 Å². The fraction of sp³-hybridized carbons (Fsp3) is 0.194. The van der Waals surface area contributed by atoms with E-state index in [0.29, 0.717) is 16.8 Å². The van der Waals surface area contributed by atoms with E-state index in [2.05, 4.69) is 55.6 Å². The molecule has 0 aliphatic rings. The predicted molar refractivity (Wildman–Crippen MR) is 161 cm³/mol. The number of nitrogens with zero attached hydrogens (tertiary/aromatic N) is 3. The average molecular weight is 569 g/mol. The molecule has 208 valence electrons. The number of halogens is 1. The lowest BCUT2D eigenvalue weighted by atomic mass is 10.0. The highest BCUT2D eigenvalue weighted by molar-refractivity contribution is 7.90. The number of sulfone groups is 1. The average Bonchev–Trinajstić information content (AvgIpc) is 3.58. The Bertz CT molecular complexity index is 2000. The van der Waals surface area contributed by atoms with E-state index in [9.17, 15) is 12.8 Å². The van der Waals surface area contributed by atoms with Crippen molar-refractivity contribution in [1.29, 1.82) is 0 Å². The van der Waals surface area contributed by atoms with Gasteiger partial charge in [-0.1, -0.05) is 13.0 Å². The second-order valence-electron chi connectivity index (χ2n) is 10.2. The first-order valence-corrected chi connectivity index (χ1v) is 15.4. The summed E-state index contributed by atoms with van der Waals surface area (Å²) in [5, 5.41) is 12.8. The zero-order chi connectivity index (χ0) is 28.6. The summed E-state index contributed by atoms with van der Waals surface area (Å²) in [5.74, 6) is -0.484. The van der Waals surface area contributed by atoms with E-state index in [4.69, 9.17) is 0 Å². The van der Waals surface area contributed by atoms with E-state index in [1.54, 1.807) is 12.3 Å². The lowest BCUT2D eigenvalue weighted by molar-refractivity contribution is 0.600. The minimum atomic E-state index is -3.17. The van der Waals surface area contributed by atoms with Gasteiger partial charge in [0.1, 0.15) is 21.3 Å². The molecule has 4 aromatic heterocycles. The number of benzene rings is 2. The number of nitrogens with one attached hydrogen (secondary N) is 3. The molecule has 0 unspecified atom stereocenters. The molecule has 41 heavy (non-hydrogen) atoms. The van der Waals surface area contributed by atoms with Gasteiger partial charge in [-0.2, -0.15) is 5.10 Å². The Morgan fingerprint density at radius 2 is 1.71 bits per heavy atom. The normalized spacial score (nSPS) is 12.0. The predicted octanol–water partition coefficient (Wildman–Crippen LogP) is 5.67. The van der Waals surface area contributed by atoms with Crippen LogP contribution in [0.5, 0.6) is 0 Å². The summed E-state index contributed by atoms with van der Waals surface area (Å²) in [5.41, 5.74) is 8.26. The van der Waals surface area contributed by atoms with Gasteiger partial charge in [-0.25, -0.2) is 12.8 Å². The Hall–Kier alpha value is -4.41. The smallest absolute Gasteiger partial charge is 0.147 e. The van der Waals surface area contributed by atoms with Crippen molar-refractivity contribution in [2.45, 2.75) is 19.9 Å². The molecule has 3 N–H and O–H groups in total. The minimum absolute atomic E-state index is 0.0496. The van der Waals surface area contributed by atoms with Crippen molar-refractivity contribution in [3.63, 3.8) is 0 Å². The zero-order valence-electron chi connectivity index (χ0n) is 22.7. The lowest BCUT2D eigenvalue weighted by Gasteiger charge is -2.07. The molecular weight excluding hydrogens is 539 g/mol. The van der Waals surface area contributed by atoms with Crippen LogP contribution in [-0.2, 0) is 22.8 Å². The van der Waals surface area contributed by atoms with E-state index in [0.717, 1.165) is 63.0 Å². The van der Waals surface area contributed by atoms with E-state index in [1.165, 1.54) is 18.4 Å². The number of hydrogen-bond donors (Lipinski definition) is 3. The third-order valence-corrected chi connectivity index (χ3v) is 8.01. The summed E-state index contributed by atoms with van der Waals surface area (Å²) >= 11 is 0. The summed E-state index contributed by atoms with van der Waals surface area (Å²) in [4.78, 5) is 12.4. The first-order valence-electron chi connectivity index (χ1n) is 13.4. The summed E-state index contributed by atoms with van der Waals surface area (Å²) in [6.07, 6.45) is 6.82. The molecule has 0 saturated heterocycles. The number of aryl methyl sites for hydroxylation is 1. The maximum Gasteiger partial charge on any atom is 0.147 e. The van der Waals surface area contributed by atoms with Gasteiger partial charge < -0.3 is 10.3 Å². The molecule has 0 bridgehead atoms. The quantitative estimate of drug-likeness (QED) is 0.207. The molecule has 8 nitrogen and oxygen atoms in total. The van der Waals surface area contributed by atoms with Crippen LogP contribution >= 0.6 is 0 Å². The van der Waals surface area contributed by atoms with Gasteiger partial charge in [0, 0.05) is 58.8 Å². The molecule has 0 aliphatic heterocycles. The molecule has 0 aliphatic carbocycles. The van der Waals surface area contributed by atoms with Crippen LogP contribution in [0, 0.1) is 5.82 Å². The maximum atomic E-state index is 14.6. The number of hydrogen-bond acceptors (Lipinski definition) is 6. The maximum absolute atomic E-state index is 14.6. The van der Waals surface area contributed by atoms with E-state index < -0.39 is 15.7 Å². The van der Waals surface area contributed by atoms with E-state index >= 15 is 0 Å². The van der Waals surface area contributed by atoms with Crippen molar-refractivity contribution >= 4 is 31.6 Å². The van der Waals surface area contributed by atoms with Gasteiger partial charge in [0.15, 0.2) is 0 Å². The van der Waals surface area contributed by atoms with Crippen LogP contribution in [0.3, 0.4) is 0 Å². The summed E-state index contributed by atoms with van der Waals surface area (Å²) in [7, 11) is -3.17. The Kier molecular flexibility index (Phi) is 7.10. The highest BCUT2D eigenvalue weighted by atomic mass is 32.2. The standard InChI is InChI=1S/C31H29FN6O2S/c1-3-33-16-20-11-23(18-34-17-20)21-4-5-28-25(14-21)31(38-37-28)29-15-26-27(36-29)6-8-35-30(26)22-10-19(12-24(32)13-22)7-9-41(2,39)40/h4-6,8,10-15,17-18,33,36H,3,7,9,16H2,1-2H3,(H,37,38). The molecule has 0 fully saturated rings. The third kappa shape index (κ3) is 5.75. The van der Waals surface area contributed by atoms with Crippen LogP contribution in [-0.4, -0.2) is 52.1 Å². The van der Waals surface area contributed by atoms with E-state index in [-0.39, 0.29) is 12.2 Å². The Morgan fingerprint density at radius 1 is 0.878 bits per heavy atom. The fourth-order valence-electron chi connectivity index (χ4n) is 5.06. The number of pyridine rings is 2. The third-order valence-electron chi connectivity index (χ3n) is 7.07. The second-order valence-corrected chi connectivity index (χ2v) is 12.5. The Labute approximate surface area is 237 Å². The number of fused-ring (bicyclic) bond motifs is 2. The molecule has 6 aromatic rings. The molecule has 4 heterocycles. The van der Waals surface area contributed by atoms with Crippen molar-refractivity contribution in [2.75, 3.05) is 18.6 Å². The van der Waals surface area contributed by atoms with Gasteiger partial charge in [0.05, 0.1) is 22.7 Å². The second kappa shape index (κ2) is 10.9. The molecule has 0 atom stereocenters. The van der Waals surface area contributed by atoms with Gasteiger partial charge in [-0.05, 0) is 78.2 Å². The fourth-order valence-corrected chi connectivity index (χ4v) is 5.66.